The lowest BCUT2D eigenvalue weighted by Crippen LogP contribution is -2.42. The molecule has 0 spiro atoms. The Morgan fingerprint density at radius 2 is 2.50 bits per heavy atom. The van der Waals surface area contributed by atoms with Crippen molar-refractivity contribution in [2.24, 2.45) is 5.92 Å². The number of rotatable bonds is 4. The van der Waals surface area contributed by atoms with Crippen molar-refractivity contribution in [3.8, 4) is 0 Å². The zero-order valence-electron chi connectivity index (χ0n) is 9.70. The van der Waals surface area contributed by atoms with Crippen molar-refractivity contribution in [1.82, 2.24) is 10.6 Å². The number of hydrogen-bond acceptors (Lipinski definition) is 4. The standard InChI is InChI=1S/C11H20N2O2S/c1-15-9-4-10(12-6-9)11(14)13-5-8-2-3-16-7-8/h8-10,12H,2-7H2,1H3,(H,13,14). The van der Waals surface area contributed by atoms with E-state index in [1.165, 1.54) is 17.9 Å². The van der Waals surface area contributed by atoms with Crippen molar-refractivity contribution in [3.63, 3.8) is 0 Å². The summed E-state index contributed by atoms with van der Waals surface area (Å²) in [4.78, 5) is 11.8. The van der Waals surface area contributed by atoms with Crippen LogP contribution in [0.4, 0.5) is 0 Å². The maximum Gasteiger partial charge on any atom is 0.237 e. The summed E-state index contributed by atoms with van der Waals surface area (Å²) in [7, 11) is 1.70. The zero-order chi connectivity index (χ0) is 11.4. The van der Waals surface area contributed by atoms with Crippen LogP contribution in [-0.4, -0.2) is 49.8 Å². The summed E-state index contributed by atoms with van der Waals surface area (Å²) in [6.45, 7) is 1.62. The van der Waals surface area contributed by atoms with Crippen molar-refractivity contribution in [1.29, 1.82) is 0 Å². The first-order valence-corrected chi connectivity index (χ1v) is 7.06. The first kappa shape index (κ1) is 12.2. The molecule has 2 aliphatic heterocycles. The van der Waals surface area contributed by atoms with Crippen molar-refractivity contribution in [2.75, 3.05) is 31.7 Å². The minimum Gasteiger partial charge on any atom is -0.380 e. The Kier molecular flexibility index (Phi) is 4.49. The van der Waals surface area contributed by atoms with E-state index in [-0.39, 0.29) is 18.1 Å². The normalized spacial score (nSPS) is 34.2. The fourth-order valence-electron chi connectivity index (χ4n) is 2.20. The first-order valence-electron chi connectivity index (χ1n) is 5.91. The van der Waals surface area contributed by atoms with Gasteiger partial charge in [0.1, 0.15) is 0 Å². The highest BCUT2D eigenvalue weighted by Gasteiger charge is 2.29. The Balaban J connectivity index is 1.67. The van der Waals surface area contributed by atoms with Crippen LogP contribution in [0.5, 0.6) is 0 Å². The van der Waals surface area contributed by atoms with Gasteiger partial charge in [0.15, 0.2) is 0 Å². The maximum atomic E-state index is 11.8. The highest BCUT2D eigenvalue weighted by molar-refractivity contribution is 7.99. The molecule has 2 heterocycles. The van der Waals surface area contributed by atoms with Crippen LogP contribution >= 0.6 is 11.8 Å². The van der Waals surface area contributed by atoms with E-state index in [0.717, 1.165) is 19.5 Å². The molecule has 2 N–H and O–H groups in total. The van der Waals surface area contributed by atoms with Crippen LogP contribution in [0.15, 0.2) is 0 Å². The molecule has 1 amide bonds. The monoisotopic (exact) mass is 244 g/mol. The van der Waals surface area contributed by atoms with Gasteiger partial charge in [0.05, 0.1) is 12.1 Å². The summed E-state index contributed by atoms with van der Waals surface area (Å²) in [5, 5.41) is 6.23. The van der Waals surface area contributed by atoms with Gasteiger partial charge >= 0.3 is 0 Å². The van der Waals surface area contributed by atoms with Gasteiger partial charge in [0.2, 0.25) is 5.91 Å². The zero-order valence-corrected chi connectivity index (χ0v) is 10.5. The largest absolute Gasteiger partial charge is 0.380 e. The number of hydrogen-bond donors (Lipinski definition) is 2. The summed E-state index contributed by atoms with van der Waals surface area (Å²) in [5.41, 5.74) is 0. The number of methoxy groups -OCH3 is 1. The van der Waals surface area contributed by atoms with E-state index in [9.17, 15) is 4.79 Å². The fraction of sp³-hybridized carbons (Fsp3) is 0.909. The van der Waals surface area contributed by atoms with E-state index in [1.54, 1.807) is 7.11 Å². The Hall–Kier alpha value is -0.260. The number of carbonyl (C=O) groups is 1. The maximum absolute atomic E-state index is 11.8. The van der Waals surface area contributed by atoms with Crippen LogP contribution in [-0.2, 0) is 9.53 Å². The predicted octanol–water partition coefficient (Wildman–Crippen LogP) is 0.233. The molecule has 0 bridgehead atoms. The lowest BCUT2D eigenvalue weighted by molar-refractivity contribution is -0.123. The summed E-state index contributed by atoms with van der Waals surface area (Å²) < 4.78 is 5.22. The first-order chi connectivity index (χ1) is 7.79. The summed E-state index contributed by atoms with van der Waals surface area (Å²) >= 11 is 1.98. The third kappa shape index (κ3) is 3.12. The highest BCUT2D eigenvalue weighted by atomic mass is 32.2. The number of amides is 1. The molecule has 2 rings (SSSR count). The average molecular weight is 244 g/mol. The topological polar surface area (TPSA) is 50.4 Å². The van der Waals surface area contributed by atoms with Gasteiger partial charge in [-0.1, -0.05) is 0 Å². The molecule has 3 atom stereocenters. The smallest absolute Gasteiger partial charge is 0.237 e. The minimum absolute atomic E-state index is 0.0565. The molecule has 16 heavy (non-hydrogen) atoms. The molecule has 0 aromatic heterocycles. The molecule has 2 aliphatic rings. The van der Waals surface area contributed by atoms with Crippen molar-refractivity contribution >= 4 is 17.7 Å². The third-order valence-corrected chi connectivity index (χ3v) is 4.56. The van der Waals surface area contributed by atoms with E-state index in [4.69, 9.17) is 4.74 Å². The van der Waals surface area contributed by atoms with Crippen LogP contribution < -0.4 is 10.6 Å². The van der Waals surface area contributed by atoms with Crippen LogP contribution in [0.3, 0.4) is 0 Å². The molecule has 0 aliphatic carbocycles. The number of ether oxygens (including phenoxy) is 1. The molecule has 92 valence electrons. The van der Waals surface area contributed by atoms with E-state index >= 15 is 0 Å². The van der Waals surface area contributed by atoms with Crippen molar-refractivity contribution in [3.05, 3.63) is 0 Å². The lowest BCUT2D eigenvalue weighted by atomic mass is 10.1. The minimum atomic E-state index is -0.0565. The molecular weight excluding hydrogens is 224 g/mol. The van der Waals surface area contributed by atoms with Gasteiger partial charge in [-0.25, -0.2) is 0 Å². The number of thioether (sulfide) groups is 1. The highest BCUT2D eigenvalue weighted by Crippen LogP contribution is 2.22. The SMILES string of the molecule is COC1CNC(C(=O)NCC2CCSC2)C1. The fourth-order valence-corrected chi connectivity index (χ4v) is 3.48. The Bertz CT molecular complexity index is 244. The van der Waals surface area contributed by atoms with Crippen LogP contribution in [0, 0.1) is 5.92 Å². The molecule has 0 aromatic rings. The van der Waals surface area contributed by atoms with Gasteiger partial charge in [-0.15, -0.1) is 0 Å². The second-order valence-corrected chi connectivity index (χ2v) is 5.68. The van der Waals surface area contributed by atoms with Crippen molar-refractivity contribution in [2.45, 2.75) is 25.0 Å². The van der Waals surface area contributed by atoms with Gasteiger partial charge in [-0.2, -0.15) is 11.8 Å². The quantitative estimate of drug-likeness (QED) is 0.743. The Morgan fingerprint density at radius 3 is 3.12 bits per heavy atom. The average Bonchev–Trinajstić information content (AvgIpc) is 2.96. The summed E-state index contributed by atoms with van der Waals surface area (Å²) in [6.07, 6.45) is 2.23. The molecule has 4 nitrogen and oxygen atoms in total. The molecule has 2 saturated heterocycles. The van der Waals surface area contributed by atoms with Crippen LogP contribution in [0.1, 0.15) is 12.8 Å². The summed E-state index contributed by atoms with van der Waals surface area (Å²) in [6, 6.07) is -0.0565. The predicted molar refractivity (Wildman–Crippen MR) is 65.6 cm³/mol. The second kappa shape index (κ2) is 5.89. The van der Waals surface area contributed by atoms with E-state index in [0.29, 0.717) is 5.92 Å². The molecule has 0 aromatic carbocycles. The van der Waals surface area contributed by atoms with Gasteiger partial charge in [-0.05, 0) is 30.3 Å². The van der Waals surface area contributed by atoms with Gasteiger partial charge in [0, 0.05) is 20.2 Å². The summed E-state index contributed by atoms with van der Waals surface area (Å²) in [5.74, 6) is 3.25. The van der Waals surface area contributed by atoms with Gasteiger partial charge in [0.25, 0.3) is 0 Å². The molecule has 5 heteroatoms. The van der Waals surface area contributed by atoms with E-state index < -0.39 is 0 Å². The molecular formula is C11H20N2O2S. The number of carbonyl (C=O) groups excluding carboxylic acids is 1. The molecule has 2 fully saturated rings. The Morgan fingerprint density at radius 1 is 1.62 bits per heavy atom. The van der Waals surface area contributed by atoms with Crippen molar-refractivity contribution < 1.29 is 9.53 Å². The van der Waals surface area contributed by atoms with E-state index in [2.05, 4.69) is 10.6 Å². The van der Waals surface area contributed by atoms with Gasteiger partial charge in [-0.3, -0.25) is 4.79 Å². The van der Waals surface area contributed by atoms with Gasteiger partial charge < -0.3 is 15.4 Å². The second-order valence-electron chi connectivity index (χ2n) is 4.53. The van der Waals surface area contributed by atoms with Crippen LogP contribution in [0.25, 0.3) is 0 Å². The molecule has 0 radical (unpaired) electrons. The van der Waals surface area contributed by atoms with Crippen LogP contribution in [0.2, 0.25) is 0 Å². The molecule has 3 unspecified atom stereocenters. The lowest BCUT2D eigenvalue weighted by Gasteiger charge is -2.14. The Labute approximate surface area is 101 Å². The number of nitrogens with one attached hydrogen (secondary N) is 2. The van der Waals surface area contributed by atoms with E-state index in [1.807, 2.05) is 11.8 Å². The molecule has 0 saturated carbocycles. The third-order valence-electron chi connectivity index (χ3n) is 3.33.